The Hall–Kier alpha value is -1.65. The van der Waals surface area contributed by atoms with Crippen LogP contribution in [-0.2, 0) is 12.1 Å². The van der Waals surface area contributed by atoms with E-state index in [0.29, 0.717) is 0 Å². The molecule has 2 rings (SSSR count). The Morgan fingerprint density at radius 2 is 2.00 bits per heavy atom. The van der Waals surface area contributed by atoms with Crippen molar-refractivity contribution in [3.05, 3.63) is 54.1 Å². The van der Waals surface area contributed by atoms with Crippen LogP contribution in [0.15, 0.2) is 43.0 Å². The van der Waals surface area contributed by atoms with E-state index in [1.807, 2.05) is 24.7 Å². The largest absolute Gasteiger partial charge is 0.389 e. The zero-order valence-corrected chi connectivity index (χ0v) is 13.1. The van der Waals surface area contributed by atoms with Gasteiger partial charge in [0.25, 0.3) is 0 Å². The molecule has 21 heavy (non-hydrogen) atoms. The monoisotopic (exact) mass is 287 g/mol. The molecule has 1 aromatic heterocycles. The topological polar surface area (TPSA) is 50.1 Å². The molecule has 1 unspecified atom stereocenters. The van der Waals surface area contributed by atoms with Gasteiger partial charge in [0, 0.05) is 24.5 Å². The van der Waals surface area contributed by atoms with Gasteiger partial charge >= 0.3 is 0 Å². The highest BCUT2D eigenvalue weighted by atomic mass is 16.3. The standard InChI is InChI=1S/C17H25N3O/c1-14(21)15-5-7-16(8-6-15)17(2,3)19-9-4-11-20-12-10-18-13-20/h5-8,10,12-14,19,21H,4,9,11H2,1-3H3. The van der Waals surface area contributed by atoms with Gasteiger partial charge in [-0.15, -0.1) is 0 Å². The van der Waals surface area contributed by atoms with Crippen LogP contribution in [0.4, 0.5) is 0 Å². The molecule has 0 aliphatic rings. The van der Waals surface area contributed by atoms with Gasteiger partial charge in [-0.05, 0) is 44.9 Å². The quantitative estimate of drug-likeness (QED) is 0.770. The second kappa shape index (κ2) is 6.87. The van der Waals surface area contributed by atoms with Crippen molar-refractivity contribution in [2.24, 2.45) is 0 Å². The van der Waals surface area contributed by atoms with Gasteiger partial charge < -0.3 is 15.0 Å². The Morgan fingerprint density at radius 3 is 2.57 bits per heavy atom. The van der Waals surface area contributed by atoms with E-state index in [4.69, 9.17) is 0 Å². The van der Waals surface area contributed by atoms with E-state index in [1.54, 1.807) is 13.1 Å². The Bertz CT molecular complexity index is 530. The van der Waals surface area contributed by atoms with Gasteiger partial charge in [-0.25, -0.2) is 4.98 Å². The molecule has 0 aliphatic heterocycles. The number of aliphatic hydroxyl groups excluding tert-OH is 1. The van der Waals surface area contributed by atoms with E-state index in [-0.39, 0.29) is 5.54 Å². The van der Waals surface area contributed by atoms with Crippen LogP contribution in [0.5, 0.6) is 0 Å². The van der Waals surface area contributed by atoms with Crippen LogP contribution >= 0.6 is 0 Å². The molecule has 0 bridgehead atoms. The summed E-state index contributed by atoms with van der Waals surface area (Å²) in [5.74, 6) is 0. The number of imidazole rings is 1. The summed E-state index contributed by atoms with van der Waals surface area (Å²) in [7, 11) is 0. The number of aryl methyl sites for hydroxylation is 1. The highest BCUT2D eigenvalue weighted by Gasteiger charge is 2.19. The Kier molecular flexibility index (Phi) is 5.15. The third-order valence-corrected chi connectivity index (χ3v) is 3.83. The van der Waals surface area contributed by atoms with Crippen molar-refractivity contribution < 1.29 is 5.11 Å². The first kappa shape index (κ1) is 15.7. The highest BCUT2D eigenvalue weighted by molar-refractivity contribution is 5.28. The molecular formula is C17H25N3O. The van der Waals surface area contributed by atoms with Crippen molar-refractivity contribution in [3.63, 3.8) is 0 Å². The van der Waals surface area contributed by atoms with Crippen LogP contribution in [0, 0.1) is 0 Å². The molecule has 0 saturated heterocycles. The molecule has 0 radical (unpaired) electrons. The molecule has 1 heterocycles. The SMILES string of the molecule is CC(O)c1ccc(C(C)(C)NCCCn2ccnc2)cc1. The molecular weight excluding hydrogens is 262 g/mol. The maximum Gasteiger partial charge on any atom is 0.0945 e. The van der Waals surface area contributed by atoms with Crippen LogP contribution in [0.2, 0.25) is 0 Å². The zero-order chi connectivity index (χ0) is 15.3. The van der Waals surface area contributed by atoms with Crippen molar-refractivity contribution in [1.82, 2.24) is 14.9 Å². The Labute approximate surface area is 126 Å². The van der Waals surface area contributed by atoms with Crippen LogP contribution in [0.1, 0.15) is 44.4 Å². The maximum atomic E-state index is 9.56. The summed E-state index contributed by atoms with van der Waals surface area (Å²) in [5, 5.41) is 13.1. The molecule has 2 aromatic rings. The van der Waals surface area contributed by atoms with E-state index in [9.17, 15) is 5.11 Å². The lowest BCUT2D eigenvalue weighted by molar-refractivity contribution is 0.199. The van der Waals surface area contributed by atoms with Crippen molar-refractivity contribution in [2.45, 2.75) is 45.4 Å². The van der Waals surface area contributed by atoms with Crippen molar-refractivity contribution in [1.29, 1.82) is 0 Å². The molecule has 114 valence electrons. The average molecular weight is 287 g/mol. The molecule has 0 aliphatic carbocycles. The predicted molar refractivity (Wildman–Crippen MR) is 84.9 cm³/mol. The van der Waals surface area contributed by atoms with E-state index >= 15 is 0 Å². The fourth-order valence-electron chi connectivity index (χ4n) is 2.36. The van der Waals surface area contributed by atoms with E-state index in [1.165, 1.54) is 5.56 Å². The average Bonchev–Trinajstić information content (AvgIpc) is 2.97. The summed E-state index contributed by atoms with van der Waals surface area (Å²) in [4.78, 5) is 4.04. The lowest BCUT2D eigenvalue weighted by Crippen LogP contribution is -2.37. The lowest BCUT2D eigenvalue weighted by Gasteiger charge is -2.27. The molecule has 0 saturated carbocycles. The zero-order valence-electron chi connectivity index (χ0n) is 13.1. The van der Waals surface area contributed by atoms with Gasteiger partial charge in [0.15, 0.2) is 0 Å². The summed E-state index contributed by atoms with van der Waals surface area (Å²) < 4.78 is 2.09. The van der Waals surface area contributed by atoms with Crippen LogP contribution in [0.3, 0.4) is 0 Å². The third kappa shape index (κ3) is 4.41. The Balaban J connectivity index is 1.85. The number of rotatable bonds is 7. The summed E-state index contributed by atoms with van der Waals surface area (Å²) in [5.41, 5.74) is 2.11. The van der Waals surface area contributed by atoms with Gasteiger partial charge in [0.1, 0.15) is 0 Å². The second-order valence-electron chi connectivity index (χ2n) is 6.00. The van der Waals surface area contributed by atoms with Crippen molar-refractivity contribution in [2.75, 3.05) is 6.54 Å². The van der Waals surface area contributed by atoms with Crippen LogP contribution < -0.4 is 5.32 Å². The minimum Gasteiger partial charge on any atom is -0.389 e. The molecule has 1 aromatic carbocycles. The number of benzene rings is 1. The number of aliphatic hydroxyl groups is 1. The number of hydrogen-bond acceptors (Lipinski definition) is 3. The molecule has 1 atom stereocenters. The van der Waals surface area contributed by atoms with Gasteiger partial charge in [-0.2, -0.15) is 0 Å². The van der Waals surface area contributed by atoms with Gasteiger partial charge in [0.05, 0.1) is 12.4 Å². The maximum absolute atomic E-state index is 9.56. The van der Waals surface area contributed by atoms with E-state index in [0.717, 1.165) is 25.1 Å². The number of nitrogens with one attached hydrogen (secondary N) is 1. The normalized spacial score (nSPS) is 13.3. The Morgan fingerprint density at radius 1 is 1.29 bits per heavy atom. The molecule has 0 fully saturated rings. The first-order valence-electron chi connectivity index (χ1n) is 7.48. The summed E-state index contributed by atoms with van der Waals surface area (Å²) in [6.45, 7) is 8.07. The fraction of sp³-hybridized carbons (Fsp3) is 0.471. The van der Waals surface area contributed by atoms with Gasteiger partial charge in [-0.3, -0.25) is 0 Å². The minimum absolute atomic E-state index is 0.0772. The molecule has 4 heteroatoms. The molecule has 2 N–H and O–H groups in total. The number of aromatic nitrogens is 2. The number of nitrogens with zero attached hydrogens (tertiary/aromatic N) is 2. The summed E-state index contributed by atoms with van der Waals surface area (Å²) in [6.07, 6.45) is 6.29. The third-order valence-electron chi connectivity index (χ3n) is 3.83. The smallest absolute Gasteiger partial charge is 0.0945 e. The second-order valence-corrected chi connectivity index (χ2v) is 6.00. The highest BCUT2D eigenvalue weighted by Crippen LogP contribution is 2.22. The predicted octanol–water partition coefficient (Wildman–Crippen LogP) is 2.85. The number of hydrogen-bond donors (Lipinski definition) is 2. The first-order chi connectivity index (χ1) is 9.99. The van der Waals surface area contributed by atoms with Gasteiger partial charge in [-0.1, -0.05) is 24.3 Å². The van der Waals surface area contributed by atoms with Gasteiger partial charge in [0.2, 0.25) is 0 Å². The van der Waals surface area contributed by atoms with Crippen LogP contribution in [-0.4, -0.2) is 21.2 Å². The lowest BCUT2D eigenvalue weighted by atomic mass is 9.92. The van der Waals surface area contributed by atoms with E-state index in [2.05, 4.69) is 40.8 Å². The molecule has 0 amide bonds. The van der Waals surface area contributed by atoms with Crippen LogP contribution in [0.25, 0.3) is 0 Å². The summed E-state index contributed by atoms with van der Waals surface area (Å²) >= 11 is 0. The molecule has 4 nitrogen and oxygen atoms in total. The van der Waals surface area contributed by atoms with Crippen molar-refractivity contribution >= 4 is 0 Å². The summed E-state index contributed by atoms with van der Waals surface area (Å²) in [6, 6.07) is 8.17. The fourth-order valence-corrected chi connectivity index (χ4v) is 2.36. The van der Waals surface area contributed by atoms with Crippen molar-refractivity contribution in [3.8, 4) is 0 Å². The minimum atomic E-state index is -0.412. The molecule has 0 spiro atoms. The van der Waals surface area contributed by atoms with E-state index < -0.39 is 6.10 Å². The first-order valence-corrected chi connectivity index (χ1v) is 7.48.